The molecule has 0 amide bonds. The molecule has 0 aliphatic carbocycles. The van der Waals surface area contributed by atoms with E-state index in [0.29, 0.717) is 17.7 Å². The summed E-state index contributed by atoms with van der Waals surface area (Å²) < 4.78 is 3.50. The maximum Gasteiger partial charge on any atom is 0.262 e. The molecule has 4 rings (SSSR count). The molecule has 0 fully saturated rings. The van der Waals surface area contributed by atoms with Crippen LogP contribution in [0.15, 0.2) is 28.4 Å². The summed E-state index contributed by atoms with van der Waals surface area (Å²) in [5, 5.41) is 16.0. The Morgan fingerprint density at radius 1 is 1.30 bits per heavy atom. The summed E-state index contributed by atoms with van der Waals surface area (Å²) in [5.41, 5.74) is 2.86. The van der Waals surface area contributed by atoms with Crippen LogP contribution in [0.25, 0.3) is 16.7 Å². The molecule has 7 nitrogen and oxygen atoms in total. The van der Waals surface area contributed by atoms with Crippen LogP contribution in [0.2, 0.25) is 0 Å². The maximum atomic E-state index is 12.6. The summed E-state index contributed by atoms with van der Waals surface area (Å²) in [6.45, 7) is 6.72. The summed E-state index contributed by atoms with van der Waals surface area (Å²) in [6, 6.07) is 5.99. The van der Waals surface area contributed by atoms with Crippen LogP contribution >= 0.6 is 11.3 Å². The van der Waals surface area contributed by atoms with Gasteiger partial charge in [0.05, 0.1) is 28.1 Å². The van der Waals surface area contributed by atoms with E-state index in [1.54, 1.807) is 23.0 Å². The lowest BCUT2D eigenvalue weighted by Gasteiger charge is -2.12. The second-order valence-corrected chi connectivity index (χ2v) is 7.70. The van der Waals surface area contributed by atoms with Gasteiger partial charge in [0.15, 0.2) is 5.82 Å². The molecule has 1 atom stereocenters. The lowest BCUT2D eigenvalue weighted by Crippen LogP contribution is -2.23. The van der Waals surface area contributed by atoms with Crippen LogP contribution in [-0.4, -0.2) is 24.1 Å². The topological polar surface area (TPSA) is 77.1 Å². The lowest BCUT2D eigenvalue weighted by atomic mass is 10.1. The molecule has 0 aliphatic heterocycles. The Morgan fingerprint density at radius 2 is 2.11 bits per heavy atom. The number of fused-ring (bicyclic) bond motifs is 3. The first-order valence-electron chi connectivity index (χ1n) is 9.00. The Labute approximate surface area is 160 Å². The highest BCUT2D eigenvalue weighted by Crippen LogP contribution is 2.19. The predicted molar refractivity (Wildman–Crippen MR) is 107 cm³/mol. The second kappa shape index (κ2) is 6.86. The SMILES string of the molecule is CCc1nc(C(C)NCc2nnc3n(C)c(=O)c4cc(C)ccc4n23)cs1. The van der Waals surface area contributed by atoms with Crippen LogP contribution in [0.3, 0.4) is 0 Å². The van der Waals surface area contributed by atoms with E-state index in [9.17, 15) is 4.79 Å². The number of aromatic nitrogens is 5. The van der Waals surface area contributed by atoms with E-state index < -0.39 is 0 Å². The van der Waals surface area contributed by atoms with Gasteiger partial charge in [-0.1, -0.05) is 18.6 Å². The molecule has 1 N–H and O–H groups in total. The highest BCUT2D eigenvalue weighted by Gasteiger charge is 2.16. The summed E-state index contributed by atoms with van der Waals surface area (Å²) in [6.07, 6.45) is 0.950. The monoisotopic (exact) mass is 382 g/mol. The molecule has 140 valence electrons. The number of rotatable bonds is 5. The quantitative estimate of drug-likeness (QED) is 0.574. The fourth-order valence-corrected chi connectivity index (χ4v) is 4.05. The van der Waals surface area contributed by atoms with Gasteiger partial charge in [0, 0.05) is 18.5 Å². The Hall–Kier alpha value is -2.58. The van der Waals surface area contributed by atoms with Crippen molar-refractivity contribution in [2.75, 3.05) is 0 Å². The minimum Gasteiger partial charge on any atom is -0.302 e. The average molecular weight is 382 g/mol. The number of thiazole rings is 1. The molecule has 0 spiro atoms. The van der Waals surface area contributed by atoms with E-state index in [-0.39, 0.29) is 11.6 Å². The molecule has 27 heavy (non-hydrogen) atoms. The van der Waals surface area contributed by atoms with Crippen molar-refractivity contribution in [3.05, 3.63) is 56.0 Å². The summed E-state index contributed by atoms with van der Waals surface area (Å²) in [5.74, 6) is 1.31. The Kier molecular flexibility index (Phi) is 4.53. The summed E-state index contributed by atoms with van der Waals surface area (Å²) in [4.78, 5) is 17.3. The summed E-state index contributed by atoms with van der Waals surface area (Å²) in [7, 11) is 1.73. The highest BCUT2D eigenvalue weighted by molar-refractivity contribution is 7.09. The van der Waals surface area contributed by atoms with Crippen LogP contribution in [0.5, 0.6) is 0 Å². The van der Waals surface area contributed by atoms with E-state index in [0.717, 1.165) is 34.0 Å². The smallest absolute Gasteiger partial charge is 0.262 e. The molecule has 0 bridgehead atoms. The fraction of sp³-hybridized carbons (Fsp3) is 0.368. The van der Waals surface area contributed by atoms with E-state index >= 15 is 0 Å². The number of aryl methyl sites for hydroxylation is 3. The van der Waals surface area contributed by atoms with Gasteiger partial charge < -0.3 is 5.32 Å². The van der Waals surface area contributed by atoms with Crippen molar-refractivity contribution in [2.24, 2.45) is 7.05 Å². The molecule has 8 heteroatoms. The van der Waals surface area contributed by atoms with Gasteiger partial charge in [-0.3, -0.25) is 13.8 Å². The van der Waals surface area contributed by atoms with Crippen LogP contribution < -0.4 is 10.9 Å². The number of nitrogens with one attached hydrogen (secondary N) is 1. The third-order valence-electron chi connectivity index (χ3n) is 4.82. The van der Waals surface area contributed by atoms with Crippen LogP contribution in [0, 0.1) is 6.92 Å². The Morgan fingerprint density at radius 3 is 2.85 bits per heavy atom. The molecular weight excluding hydrogens is 360 g/mol. The van der Waals surface area contributed by atoms with E-state index in [1.165, 1.54) is 0 Å². The molecule has 3 heterocycles. The first-order chi connectivity index (χ1) is 13.0. The normalized spacial score (nSPS) is 12.9. The molecule has 0 aliphatic rings. The van der Waals surface area contributed by atoms with Crippen molar-refractivity contribution in [1.29, 1.82) is 0 Å². The van der Waals surface area contributed by atoms with Crippen LogP contribution in [-0.2, 0) is 20.0 Å². The first kappa shape index (κ1) is 17.8. The van der Waals surface area contributed by atoms with Gasteiger partial charge in [-0.05, 0) is 32.4 Å². The van der Waals surface area contributed by atoms with Crippen molar-refractivity contribution in [2.45, 2.75) is 39.8 Å². The maximum absolute atomic E-state index is 12.6. The molecule has 3 aromatic heterocycles. The molecule has 1 unspecified atom stereocenters. The number of nitrogens with zero attached hydrogens (tertiary/aromatic N) is 5. The lowest BCUT2D eigenvalue weighted by molar-refractivity contribution is 0.547. The third kappa shape index (κ3) is 3.04. The third-order valence-corrected chi connectivity index (χ3v) is 5.83. The zero-order valence-corrected chi connectivity index (χ0v) is 16.7. The van der Waals surface area contributed by atoms with Gasteiger partial charge in [0.2, 0.25) is 5.78 Å². The largest absolute Gasteiger partial charge is 0.302 e. The standard InChI is InChI=1S/C19H22N6OS/c1-5-17-21-14(10-27-17)12(3)20-9-16-22-23-19-24(4)18(26)13-8-11(2)6-7-15(13)25(16)19/h6-8,10,12,20H,5,9H2,1-4H3. The number of hydrogen-bond donors (Lipinski definition) is 1. The fourth-order valence-electron chi connectivity index (χ4n) is 3.21. The minimum absolute atomic E-state index is 0.0592. The molecule has 1 aromatic carbocycles. The van der Waals surface area contributed by atoms with Gasteiger partial charge in [0.1, 0.15) is 0 Å². The van der Waals surface area contributed by atoms with Gasteiger partial charge in [0.25, 0.3) is 5.56 Å². The van der Waals surface area contributed by atoms with Crippen molar-refractivity contribution in [1.82, 2.24) is 29.5 Å². The van der Waals surface area contributed by atoms with Crippen molar-refractivity contribution >= 4 is 28.0 Å². The molecule has 4 aromatic rings. The summed E-state index contributed by atoms with van der Waals surface area (Å²) >= 11 is 1.69. The number of hydrogen-bond acceptors (Lipinski definition) is 6. The Bertz CT molecular complexity index is 1190. The van der Waals surface area contributed by atoms with Gasteiger partial charge in [-0.2, -0.15) is 0 Å². The highest BCUT2D eigenvalue weighted by atomic mass is 32.1. The zero-order chi connectivity index (χ0) is 19.1. The van der Waals surface area contributed by atoms with Gasteiger partial charge in [-0.15, -0.1) is 21.5 Å². The van der Waals surface area contributed by atoms with Crippen LogP contribution in [0.1, 0.15) is 42.0 Å². The number of benzene rings is 1. The predicted octanol–water partition coefficient (Wildman–Crippen LogP) is 2.76. The Balaban J connectivity index is 1.72. The second-order valence-electron chi connectivity index (χ2n) is 6.76. The first-order valence-corrected chi connectivity index (χ1v) is 9.88. The van der Waals surface area contributed by atoms with Crippen molar-refractivity contribution in [3.63, 3.8) is 0 Å². The van der Waals surface area contributed by atoms with Gasteiger partial charge in [-0.25, -0.2) is 4.98 Å². The zero-order valence-electron chi connectivity index (χ0n) is 15.9. The van der Waals surface area contributed by atoms with Crippen LogP contribution in [0.4, 0.5) is 0 Å². The molecule has 0 saturated heterocycles. The van der Waals surface area contributed by atoms with Crippen molar-refractivity contribution in [3.8, 4) is 0 Å². The van der Waals surface area contributed by atoms with E-state index in [4.69, 9.17) is 0 Å². The average Bonchev–Trinajstić information content (AvgIpc) is 3.31. The molecule has 0 saturated carbocycles. The van der Waals surface area contributed by atoms with Gasteiger partial charge >= 0.3 is 0 Å². The van der Waals surface area contributed by atoms with E-state index in [1.807, 2.05) is 29.5 Å². The molecular formula is C19H22N6OS. The molecule has 0 radical (unpaired) electrons. The van der Waals surface area contributed by atoms with E-state index in [2.05, 4.69) is 39.7 Å². The minimum atomic E-state index is -0.0592. The van der Waals surface area contributed by atoms with Crippen molar-refractivity contribution < 1.29 is 0 Å².